The van der Waals surface area contributed by atoms with Gasteiger partial charge in [0, 0.05) is 13.0 Å². The third-order valence-electron chi connectivity index (χ3n) is 2.74. The Bertz CT molecular complexity index is 195. The molecule has 0 saturated heterocycles. The smallest absolute Gasteiger partial charge is 0.305 e. The van der Waals surface area contributed by atoms with Crippen molar-refractivity contribution in [1.29, 1.82) is 0 Å². The summed E-state index contributed by atoms with van der Waals surface area (Å²) in [5.74, 6) is -0.118. The molecule has 4 heteroatoms. The molecule has 0 aliphatic carbocycles. The van der Waals surface area contributed by atoms with Crippen molar-refractivity contribution < 1.29 is 19.0 Å². The topological polar surface area (TPSA) is 44.8 Å². The third-order valence-corrected chi connectivity index (χ3v) is 2.74. The Hall–Kier alpha value is -0.610. The van der Waals surface area contributed by atoms with Crippen molar-refractivity contribution in [1.82, 2.24) is 0 Å². The lowest BCUT2D eigenvalue weighted by Gasteiger charge is -2.06. The Morgan fingerprint density at radius 1 is 0.737 bits per heavy atom. The minimum absolute atomic E-state index is 0.118. The van der Waals surface area contributed by atoms with Crippen LogP contribution in [0, 0.1) is 0 Å². The van der Waals surface area contributed by atoms with Crippen molar-refractivity contribution in [3.8, 4) is 0 Å². The van der Waals surface area contributed by atoms with Gasteiger partial charge in [0.15, 0.2) is 0 Å². The van der Waals surface area contributed by atoms with Crippen LogP contribution in [-0.4, -0.2) is 39.0 Å². The molecule has 0 aromatic heterocycles. The van der Waals surface area contributed by atoms with E-state index in [4.69, 9.17) is 14.2 Å². The van der Waals surface area contributed by atoms with Gasteiger partial charge in [-0.1, -0.05) is 39.5 Å². The third kappa shape index (κ3) is 15.3. The summed E-state index contributed by atoms with van der Waals surface area (Å²) < 4.78 is 15.8. The van der Waals surface area contributed by atoms with Gasteiger partial charge in [-0.3, -0.25) is 4.79 Å². The fraction of sp³-hybridized carbons (Fsp3) is 0.933. The maximum absolute atomic E-state index is 11.3. The van der Waals surface area contributed by atoms with Crippen molar-refractivity contribution in [2.45, 2.75) is 58.8 Å². The van der Waals surface area contributed by atoms with Crippen LogP contribution in [0.5, 0.6) is 0 Å². The summed E-state index contributed by atoms with van der Waals surface area (Å²) >= 11 is 0. The Kier molecular flexibility index (Phi) is 15.0. The number of ether oxygens (including phenoxy) is 3. The Morgan fingerprint density at radius 2 is 1.32 bits per heavy atom. The summed E-state index contributed by atoms with van der Waals surface area (Å²) in [6, 6.07) is 0. The quantitative estimate of drug-likeness (QED) is 0.360. The largest absolute Gasteiger partial charge is 0.463 e. The molecular formula is C15H30O4. The minimum Gasteiger partial charge on any atom is -0.463 e. The summed E-state index contributed by atoms with van der Waals surface area (Å²) in [5.41, 5.74) is 0. The fourth-order valence-corrected chi connectivity index (χ4v) is 1.58. The highest BCUT2D eigenvalue weighted by Crippen LogP contribution is 2.00. The number of hydrogen-bond acceptors (Lipinski definition) is 4. The molecule has 0 heterocycles. The van der Waals surface area contributed by atoms with Gasteiger partial charge in [0.2, 0.25) is 0 Å². The first-order chi connectivity index (χ1) is 9.31. The van der Waals surface area contributed by atoms with Crippen LogP contribution in [0.1, 0.15) is 58.8 Å². The maximum Gasteiger partial charge on any atom is 0.305 e. The lowest BCUT2D eigenvalue weighted by Crippen LogP contribution is -2.13. The second kappa shape index (κ2) is 15.4. The van der Waals surface area contributed by atoms with Crippen molar-refractivity contribution in [2.75, 3.05) is 33.0 Å². The van der Waals surface area contributed by atoms with Gasteiger partial charge in [-0.15, -0.1) is 0 Å². The SMILES string of the molecule is CCCCCOCCOCCOC(=O)CCCCC. The lowest BCUT2D eigenvalue weighted by atomic mass is 10.2. The van der Waals surface area contributed by atoms with Gasteiger partial charge in [0.25, 0.3) is 0 Å². The molecular weight excluding hydrogens is 244 g/mol. The number of rotatable bonds is 14. The molecule has 0 aliphatic rings. The second-order valence-electron chi connectivity index (χ2n) is 4.61. The van der Waals surface area contributed by atoms with E-state index in [2.05, 4.69) is 13.8 Å². The average molecular weight is 274 g/mol. The number of hydrogen-bond donors (Lipinski definition) is 0. The van der Waals surface area contributed by atoms with E-state index in [1.807, 2.05) is 0 Å². The zero-order valence-electron chi connectivity index (χ0n) is 12.6. The van der Waals surface area contributed by atoms with Gasteiger partial charge in [-0.2, -0.15) is 0 Å². The van der Waals surface area contributed by atoms with E-state index in [1.165, 1.54) is 12.8 Å². The van der Waals surface area contributed by atoms with E-state index < -0.39 is 0 Å². The molecule has 0 aromatic carbocycles. The molecule has 0 fully saturated rings. The van der Waals surface area contributed by atoms with Crippen LogP contribution in [0.2, 0.25) is 0 Å². The lowest BCUT2D eigenvalue weighted by molar-refractivity contribution is -0.145. The molecule has 0 spiro atoms. The van der Waals surface area contributed by atoms with E-state index in [-0.39, 0.29) is 5.97 Å². The fourth-order valence-electron chi connectivity index (χ4n) is 1.58. The van der Waals surface area contributed by atoms with Gasteiger partial charge in [0.1, 0.15) is 6.61 Å². The van der Waals surface area contributed by atoms with Gasteiger partial charge in [-0.25, -0.2) is 0 Å². The van der Waals surface area contributed by atoms with Crippen LogP contribution in [0.3, 0.4) is 0 Å². The van der Waals surface area contributed by atoms with Crippen molar-refractivity contribution in [3.63, 3.8) is 0 Å². The summed E-state index contributed by atoms with van der Waals surface area (Å²) in [7, 11) is 0. The van der Waals surface area contributed by atoms with Gasteiger partial charge in [0.05, 0.1) is 19.8 Å². The molecule has 0 radical (unpaired) electrons. The molecule has 114 valence electrons. The summed E-state index contributed by atoms with van der Waals surface area (Å²) in [6.45, 7) is 7.09. The van der Waals surface area contributed by atoms with E-state index in [0.29, 0.717) is 32.8 Å². The first-order valence-electron chi connectivity index (χ1n) is 7.62. The van der Waals surface area contributed by atoms with Crippen LogP contribution in [0.15, 0.2) is 0 Å². The Labute approximate surface area is 117 Å². The second-order valence-corrected chi connectivity index (χ2v) is 4.61. The van der Waals surface area contributed by atoms with Crippen LogP contribution in [0.4, 0.5) is 0 Å². The normalized spacial score (nSPS) is 10.6. The molecule has 0 aromatic rings. The average Bonchev–Trinajstić information content (AvgIpc) is 2.41. The van der Waals surface area contributed by atoms with Crippen LogP contribution in [0.25, 0.3) is 0 Å². The van der Waals surface area contributed by atoms with Gasteiger partial charge >= 0.3 is 5.97 Å². The highest BCUT2D eigenvalue weighted by Gasteiger charge is 2.01. The van der Waals surface area contributed by atoms with E-state index in [0.717, 1.165) is 32.3 Å². The molecule has 0 unspecified atom stereocenters. The monoisotopic (exact) mass is 274 g/mol. The summed E-state index contributed by atoms with van der Waals surface area (Å²) in [5, 5.41) is 0. The van der Waals surface area contributed by atoms with Crippen molar-refractivity contribution in [3.05, 3.63) is 0 Å². The zero-order chi connectivity index (χ0) is 14.2. The van der Waals surface area contributed by atoms with E-state index >= 15 is 0 Å². The summed E-state index contributed by atoms with van der Waals surface area (Å²) in [4.78, 5) is 11.3. The number of esters is 1. The predicted octanol–water partition coefficient (Wildman–Crippen LogP) is 3.33. The molecule has 0 atom stereocenters. The molecule has 0 bridgehead atoms. The van der Waals surface area contributed by atoms with Gasteiger partial charge < -0.3 is 14.2 Å². The number of carbonyl (C=O) groups is 1. The zero-order valence-corrected chi connectivity index (χ0v) is 12.6. The van der Waals surface area contributed by atoms with E-state index in [1.54, 1.807) is 0 Å². The van der Waals surface area contributed by atoms with Crippen molar-refractivity contribution >= 4 is 5.97 Å². The van der Waals surface area contributed by atoms with Gasteiger partial charge in [-0.05, 0) is 12.8 Å². The molecule has 0 aliphatic heterocycles. The minimum atomic E-state index is -0.118. The van der Waals surface area contributed by atoms with Crippen LogP contribution < -0.4 is 0 Å². The first-order valence-corrected chi connectivity index (χ1v) is 7.62. The molecule has 19 heavy (non-hydrogen) atoms. The number of unbranched alkanes of at least 4 members (excludes halogenated alkanes) is 4. The molecule has 0 rings (SSSR count). The highest BCUT2D eigenvalue weighted by atomic mass is 16.6. The molecule has 4 nitrogen and oxygen atoms in total. The van der Waals surface area contributed by atoms with Crippen LogP contribution in [-0.2, 0) is 19.0 Å². The van der Waals surface area contributed by atoms with Crippen molar-refractivity contribution in [2.24, 2.45) is 0 Å². The Morgan fingerprint density at radius 3 is 2.00 bits per heavy atom. The van der Waals surface area contributed by atoms with Crippen LogP contribution >= 0.6 is 0 Å². The molecule has 0 N–H and O–H groups in total. The predicted molar refractivity (Wildman–Crippen MR) is 76.3 cm³/mol. The maximum atomic E-state index is 11.3. The Balaban J connectivity index is 3.07. The molecule has 0 saturated carbocycles. The number of carbonyl (C=O) groups excluding carboxylic acids is 1. The standard InChI is InChI=1S/C15H30O4/c1-3-5-7-9-15(16)19-14-13-18-12-11-17-10-8-6-4-2/h3-14H2,1-2H3. The first kappa shape index (κ1) is 18.4. The van der Waals surface area contributed by atoms with E-state index in [9.17, 15) is 4.79 Å². The summed E-state index contributed by atoms with van der Waals surface area (Å²) in [6.07, 6.45) is 7.19. The highest BCUT2D eigenvalue weighted by molar-refractivity contribution is 5.69. The molecule has 0 amide bonds.